The topological polar surface area (TPSA) is 120 Å². The van der Waals surface area contributed by atoms with Gasteiger partial charge in [-0.2, -0.15) is 0 Å². The van der Waals surface area contributed by atoms with E-state index in [1.54, 1.807) is 6.07 Å². The molecule has 1 aromatic heterocycles. The van der Waals surface area contributed by atoms with Crippen molar-refractivity contribution < 1.29 is 14.8 Å². The van der Waals surface area contributed by atoms with Crippen LogP contribution in [0.1, 0.15) is 10.4 Å². The van der Waals surface area contributed by atoms with E-state index in [2.05, 4.69) is 15.6 Å². The lowest BCUT2D eigenvalue weighted by atomic mass is 10.2. The minimum atomic E-state index is -0.637. The van der Waals surface area contributed by atoms with Crippen molar-refractivity contribution in [3.8, 4) is 5.75 Å². The standard InChI is InChI=1S/C13H10N4O4S/c18-11-4-3-9(17(20)21)6-10(11)15-13(22)16-12(19)8-2-1-5-14-7-8/h1-7,18H,(H2,15,16,19,22)/p-1. The maximum atomic E-state index is 11.8. The number of pyridine rings is 1. The lowest BCUT2D eigenvalue weighted by Crippen LogP contribution is -2.34. The second kappa shape index (κ2) is 6.59. The summed E-state index contributed by atoms with van der Waals surface area (Å²) in [7, 11) is 0. The maximum Gasteiger partial charge on any atom is 0.271 e. The van der Waals surface area contributed by atoms with Crippen LogP contribution >= 0.6 is 12.2 Å². The summed E-state index contributed by atoms with van der Waals surface area (Å²) in [6, 6.07) is 6.31. The zero-order valence-corrected chi connectivity index (χ0v) is 11.8. The molecule has 1 amide bonds. The Kier molecular flexibility index (Phi) is 4.59. The Morgan fingerprint density at radius 2 is 2.09 bits per heavy atom. The summed E-state index contributed by atoms with van der Waals surface area (Å²) in [5, 5.41) is 27.0. The Morgan fingerprint density at radius 1 is 1.32 bits per heavy atom. The van der Waals surface area contributed by atoms with E-state index >= 15 is 0 Å². The first kappa shape index (κ1) is 15.3. The third-order valence-corrected chi connectivity index (χ3v) is 2.78. The number of thiocarbonyl (C=S) groups is 1. The third-order valence-electron chi connectivity index (χ3n) is 2.57. The molecule has 0 spiro atoms. The van der Waals surface area contributed by atoms with E-state index in [1.807, 2.05) is 0 Å². The van der Waals surface area contributed by atoms with Gasteiger partial charge in [0.2, 0.25) is 0 Å². The van der Waals surface area contributed by atoms with E-state index in [9.17, 15) is 20.0 Å². The number of hydrogen-bond acceptors (Lipinski definition) is 6. The van der Waals surface area contributed by atoms with Crippen LogP contribution in [0.3, 0.4) is 0 Å². The molecule has 2 aromatic rings. The molecule has 112 valence electrons. The van der Waals surface area contributed by atoms with Gasteiger partial charge >= 0.3 is 0 Å². The number of carbonyl (C=O) groups excluding carboxylic acids is 1. The van der Waals surface area contributed by atoms with Crippen LogP contribution in [0.4, 0.5) is 11.4 Å². The molecule has 2 N–H and O–H groups in total. The molecule has 8 nitrogen and oxygen atoms in total. The van der Waals surface area contributed by atoms with E-state index in [1.165, 1.54) is 18.5 Å². The van der Waals surface area contributed by atoms with Crippen LogP contribution in [-0.2, 0) is 0 Å². The Labute approximate surface area is 130 Å². The molecule has 0 aliphatic rings. The van der Waals surface area contributed by atoms with E-state index in [-0.39, 0.29) is 22.1 Å². The summed E-state index contributed by atoms with van der Waals surface area (Å²) in [5.74, 6) is -0.993. The average Bonchev–Trinajstić information content (AvgIpc) is 2.50. The molecule has 0 atom stereocenters. The summed E-state index contributed by atoms with van der Waals surface area (Å²) >= 11 is 4.91. The average molecular weight is 317 g/mol. The summed E-state index contributed by atoms with van der Waals surface area (Å²) in [5.41, 5.74) is -0.0674. The molecule has 0 fully saturated rings. The maximum absolute atomic E-state index is 11.8. The van der Waals surface area contributed by atoms with Crippen molar-refractivity contribution in [1.82, 2.24) is 10.3 Å². The number of aromatic nitrogens is 1. The van der Waals surface area contributed by atoms with Gasteiger partial charge in [0.05, 0.1) is 10.5 Å². The molecule has 2 rings (SSSR count). The van der Waals surface area contributed by atoms with Gasteiger partial charge in [-0.05, 0) is 24.4 Å². The first-order valence-corrected chi connectivity index (χ1v) is 6.36. The number of nitro benzene ring substituents is 1. The van der Waals surface area contributed by atoms with Gasteiger partial charge in [-0.25, -0.2) is 0 Å². The number of benzene rings is 1. The highest BCUT2D eigenvalue weighted by molar-refractivity contribution is 7.80. The Balaban J connectivity index is 2.08. The largest absolute Gasteiger partial charge is 0.871 e. The summed E-state index contributed by atoms with van der Waals surface area (Å²) in [4.78, 5) is 25.7. The van der Waals surface area contributed by atoms with Gasteiger partial charge in [0.15, 0.2) is 5.11 Å². The second-order valence-corrected chi connectivity index (χ2v) is 4.50. The van der Waals surface area contributed by atoms with E-state index in [4.69, 9.17) is 12.2 Å². The fourth-order valence-electron chi connectivity index (χ4n) is 1.56. The minimum absolute atomic E-state index is 0.0920. The molecule has 0 bridgehead atoms. The molecule has 0 unspecified atom stereocenters. The number of non-ortho nitro benzene ring substituents is 1. The Bertz CT molecular complexity index is 736. The number of nitro groups is 1. The number of rotatable bonds is 3. The van der Waals surface area contributed by atoms with Crippen LogP contribution < -0.4 is 15.7 Å². The number of carbonyl (C=O) groups is 1. The van der Waals surface area contributed by atoms with Gasteiger partial charge in [0.1, 0.15) is 0 Å². The van der Waals surface area contributed by atoms with Gasteiger partial charge in [-0.1, -0.05) is 11.8 Å². The minimum Gasteiger partial charge on any atom is -0.871 e. The predicted octanol–water partition coefficient (Wildman–Crippen LogP) is 1.19. The molecule has 9 heteroatoms. The highest BCUT2D eigenvalue weighted by atomic mass is 32.1. The molecule has 1 aromatic carbocycles. The smallest absolute Gasteiger partial charge is 0.271 e. The van der Waals surface area contributed by atoms with Crippen molar-refractivity contribution in [2.45, 2.75) is 0 Å². The molecule has 0 saturated heterocycles. The van der Waals surface area contributed by atoms with Crippen molar-refractivity contribution in [3.63, 3.8) is 0 Å². The Morgan fingerprint density at radius 3 is 2.73 bits per heavy atom. The second-order valence-electron chi connectivity index (χ2n) is 4.09. The lowest BCUT2D eigenvalue weighted by Gasteiger charge is -2.15. The lowest BCUT2D eigenvalue weighted by molar-refractivity contribution is -0.385. The Hall–Kier alpha value is -3.07. The van der Waals surface area contributed by atoms with Gasteiger partial charge < -0.3 is 10.4 Å². The molecule has 22 heavy (non-hydrogen) atoms. The molecule has 0 aliphatic carbocycles. The quantitative estimate of drug-likeness (QED) is 0.495. The number of hydrogen-bond donors (Lipinski definition) is 2. The summed E-state index contributed by atoms with van der Waals surface area (Å²) < 4.78 is 0. The fraction of sp³-hybridized carbons (Fsp3) is 0. The molecule has 0 saturated carbocycles. The van der Waals surface area contributed by atoms with Gasteiger partial charge in [0, 0.05) is 30.2 Å². The monoisotopic (exact) mass is 317 g/mol. The van der Waals surface area contributed by atoms with Crippen LogP contribution in [0.2, 0.25) is 0 Å². The van der Waals surface area contributed by atoms with Crippen LogP contribution in [0, 0.1) is 10.1 Å². The first-order valence-electron chi connectivity index (χ1n) is 5.95. The number of nitrogens with zero attached hydrogens (tertiary/aromatic N) is 2. The van der Waals surface area contributed by atoms with Gasteiger partial charge in [-0.15, -0.1) is 0 Å². The van der Waals surface area contributed by atoms with Crippen molar-refractivity contribution >= 4 is 34.6 Å². The zero-order chi connectivity index (χ0) is 16.1. The van der Waals surface area contributed by atoms with Crippen molar-refractivity contribution in [3.05, 3.63) is 58.4 Å². The van der Waals surface area contributed by atoms with Crippen LogP contribution in [0.15, 0.2) is 42.7 Å². The van der Waals surface area contributed by atoms with Crippen LogP contribution in [0.5, 0.6) is 5.75 Å². The molecule has 0 aliphatic heterocycles. The van der Waals surface area contributed by atoms with Crippen molar-refractivity contribution in [2.75, 3.05) is 5.32 Å². The van der Waals surface area contributed by atoms with Gasteiger partial charge in [-0.3, -0.25) is 25.2 Å². The number of amides is 1. The molecule has 1 heterocycles. The van der Waals surface area contributed by atoms with Crippen molar-refractivity contribution in [1.29, 1.82) is 0 Å². The molecular weight excluding hydrogens is 308 g/mol. The molecular formula is C13H9N4O4S-. The number of anilines is 1. The third kappa shape index (κ3) is 3.73. The van der Waals surface area contributed by atoms with Gasteiger partial charge in [0.25, 0.3) is 11.6 Å². The zero-order valence-electron chi connectivity index (χ0n) is 11.0. The van der Waals surface area contributed by atoms with Crippen LogP contribution in [0.25, 0.3) is 0 Å². The van der Waals surface area contributed by atoms with E-state index in [0.717, 1.165) is 18.2 Å². The van der Waals surface area contributed by atoms with Crippen molar-refractivity contribution in [2.24, 2.45) is 0 Å². The highest BCUT2D eigenvalue weighted by Gasteiger charge is 2.10. The normalized spacial score (nSPS) is 9.82. The van der Waals surface area contributed by atoms with E-state index < -0.39 is 16.6 Å². The molecule has 0 radical (unpaired) electrons. The van der Waals surface area contributed by atoms with Crippen LogP contribution in [-0.4, -0.2) is 20.9 Å². The van der Waals surface area contributed by atoms with E-state index in [0.29, 0.717) is 0 Å². The highest BCUT2D eigenvalue weighted by Crippen LogP contribution is 2.25. The summed E-state index contributed by atoms with van der Waals surface area (Å²) in [6.07, 6.45) is 2.87. The number of nitrogens with one attached hydrogen (secondary N) is 2. The fourth-order valence-corrected chi connectivity index (χ4v) is 1.76. The predicted molar refractivity (Wildman–Crippen MR) is 80.5 cm³/mol. The summed E-state index contributed by atoms with van der Waals surface area (Å²) in [6.45, 7) is 0. The SMILES string of the molecule is O=C(NC(=S)Nc1cc([N+](=O)[O-])ccc1[O-])c1cccnc1. The first-order chi connectivity index (χ1) is 10.5.